The van der Waals surface area contributed by atoms with Gasteiger partial charge in [0.2, 0.25) is 0 Å². The number of ether oxygens (including phenoxy) is 1. The van der Waals surface area contributed by atoms with Gasteiger partial charge in [0.15, 0.2) is 0 Å². The maximum Gasteiger partial charge on any atom is 0.309 e. The molecule has 0 spiro atoms. The van der Waals surface area contributed by atoms with Gasteiger partial charge in [0.05, 0.1) is 12.5 Å². The fraction of sp³-hybridized carbons (Fsp3) is 0.462. The molecule has 0 saturated heterocycles. The molecule has 0 radical (unpaired) electrons. The molecule has 3 atom stereocenters. The fourth-order valence-corrected chi connectivity index (χ4v) is 2.36. The van der Waals surface area contributed by atoms with Crippen molar-refractivity contribution in [2.75, 3.05) is 13.2 Å². The quantitative estimate of drug-likeness (QED) is 0.781. The van der Waals surface area contributed by atoms with Crippen LogP contribution < -0.4 is 5.73 Å². The third kappa shape index (κ3) is 1.95. The Morgan fingerprint density at radius 3 is 2.62 bits per heavy atom. The van der Waals surface area contributed by atoms with Crippen LogP contribution in [0.5, 0.6) is 0 Å². The molecule has 0 amide bonds. The van der Waals surface area contributed by atoms with Gasteiger partial charge in [0, 0.05) is 5.92 Å². The van der Waals surface area contributed by atoms with Crippen LogP contribution in [-0.2, 0) is 9.53 Å². The van der Waals surface area contributed by atoms with Crippen LogP contribution in [0.4, 0.5) is 0 Å². The molecule has 0 aliphatic heterocycles. The Bertz CT molecular complexity index is 363. The van der Waals surface area contributed by atoms with Crippen LogP contribution in [0, 0.1) is 11.8 Å². The molecule has 3 heteroatoms. The number of carbonyl (C=O) groups is 1. The summed E-state index contributed by atoms with van der Waals surface area (Å²) in [7, 11) is 0. The first-order chi connectivity index (χ1) is 7.79. The molecule has 1 fully saturated rings. The van der Waals surface area contributed by atoms with Crippen LogP contribution in [-0.4, -0.2) is 19.1 Å². The second-order valence-electron chi connectivity index (χ2n) is 4.11. The maximum atomic E-state index is 11.7. The van der Waals surface area contributed by atoms with Gasteiger partial charge in [-0.15, -0.1) is 0 Å². The predicted molar refractivity (Wildman–Crippen MR) is 61.9 cm³/mol. The van der Waals surface area contributed by atoms with Crippen molar-refractivity contribution in [2.45, 2.75) is 12.8 Å². The molecule has 86 valence electrons. The van der Waals surface area contributed by atoms with Gasteiger partial charge in [-0.1, -0.05) is 30.3 Å². The minimum atomic E-state index is -0.105. The number of hydrogen-bond donors (Lipinski definition) is 1. The monoisotopic (exact) mass is 219 g/mol. The van der Waals surface area contributed by atoms with Crippen LogP contribution in [0.15, 0.2) is 30.3 Å². The van der Waals surface area contributed by atoms with Crippen molar-refractivity contribution in [1.82, 2.24) is 0 Å². The van der Waals surface area contributed by atoms with Gasteiger partial charge in [0.25, 0.3) is 0 Å². The van der Waals surface area contributed by atoms with Gasteiger partial charge in [-0.25, -0.2) is 0 Å². The lowest BCUT2D eigenvalue weighted by Gasteiger charge is -2.00. The summed E-state index contributed by atoms with van der Waals surface area (Å²) in [5.74, 6) is 0.367. The molecule has 2 N–H and O–H groups in total. The molecule has 1 aliphatic carbocycles. The van der Waals surface area contributed by atoms with Crippen molar-refractivity contribution < 1.29 is 9.53 Å². The van der Waals surface area contributed by atoms with Crippen molar-refractivity contribution in [3.05, 3.63) is 35.9 Å². The Morgan fingerprint density at radius 2 is 2.06 bits per heavy atom. The Balaban J connectivity index is 2.09. The molecule has 0 heterocycles. The minimum absolute atomic E-state index is 0.0349. The number of nitrogens with two attached hydrogens (primary N) is 1. The molecule has 3 unspecified atom stereocenters. The van der Waals surface area contributed by atoms with Gasteiger partial charge in [-0.05, 0) is 24.9 Å². The highest BCUT2D eigenvalue weighted by molar-refractivity contribution is 5.78. The normalized spacial score (nSPS) is 27.5. The Morgan fingerprint density at radius 1 is 1.38 bits per heavy atom. The standard InChI is InChI=1S/C13H17NO2/c1-2-16-13(15)12-10(8-14)11(12)9-6-4-3-5-7-9/h3-7,10-12H,2,8,14H2,1H3. The first kappa shape index (κ1) is 11.1. The number of rotatable bonds is 4. The smallest absolute Gasteiger partial charge is 0.309 e. The third-order valence-electron chi connectivity index (χ3n) is 3.18. The average Bonchev–Trinajstić information content (AvgIpc) is 3.05. The number of esters is 1. The SMILES string of the molecule is CCOC(=O)C1C(CN)C1c1ccccc1. The summed E-state index contributed by atoms with van der Waals surface area (Å²) in [6.07, 6.45) is 0. The summed E-state index contributed by atoms with van der Waals surface area (Å²) in [4.78, 5) is 11.7. The Hall–Kier alpha value is -1.35. The van der Waals surface area contributed by atoms with Crippen molar-refractivity contribution >= 4 is 5.97 Å². The van der Waals surface area contributed by atoms with Crippen LogP contribution >= 0.6 is 0 Å². The van der Waals surface area contributed by atoms with E-state index in [4.69, 9.17) is 10.5 Å². The van der Waals surface area contributed by atoms with E-state index in [0.717, 1.165) is 0 Å². The number of carbonyl (C=O) groups excluding carboxylic acids is 1. The van der Waals surface area contributed by atoms with E-state index in [2.05, 4.69) is 0 Å². The molecular weight excluding hydrogens is 202 g/mol. The van der Waals surface area contributed by atoms with Crippen molar-refractivity contribution in [2.24, 2.45) is 17.6 Å². The summed E-state index contributed by atoms with van der Waals surface area (Å²) >= 11 is 0. The molecule has 0 bridgehead atoms. The van der Waals surface area contributed by atoms with E-state index in [9.17, 15) is 4.79 Å². The summed E-state index contributed by atoms with van der Waals surface area (Å²) in [6.45, 7) is 2.81. The lowest BCUT2D eigenvalue weighted by molar-refractivity contribution is -0.145. The molecule has 1 aromatic carbocycles. The molecule has 2 rings (SSSR count). The van der Waals surface area contributed by atoms with Crippen molar-refractivity contribution in [3.8, 4) is 0 Å². The van der Waals surface area contributed by atoms with E-state index >= 15 is 0 Å². The van der Waals surface area contributed by atoms with Crippen LogP contribution in [0.1, 0.15) is 18.4 Å². The molecule has 1 aliphatic rings. The summed E-state index contributed by atoms with van der Waals surface area (Å²) in [5, 5.41) is 0. The largest absolute Gasteiger partial charge is 0.466 e. The first-order valence-electron chi connectivity index (χ1n) is 5.71. The van der Waals surface area contributed by atoms with Gasteiger partial charge in [-0.3, -0.25) is 4.79 Å². The lowest BCUT2D eigenvalue weighted by atomic mass is 10.1. The summed E-state index contributed by atoms with van der Waals surface area (Å²) < 4.78 is 5.06. The summed E-state index contributed by atoms with van der Waals surface area (Å²) in [6, 6.07) is 10.1. The number of benzene rings is 1. The van der Waals surface area contributed by atoms with E-state index < -0.39 is 0 Å². The van der Waals surface area contributed by atoms with Crippen LogP contribution in [0.3, 0.4) is 0 Å². The van der Waals surface area contributed by atoms with E-state index in [1.54, 1.807) is 0 Å². The Kier molecular flexibility index (Phi) is 3.25. The second-order valence-corrected chi connectivity index (χ2v) is 4.11. The van der Waals surface area contributed by atoms with E-state index in [0.29, 0.717) is 13.2 Å². The highest BCUT2D eigenvalue weighted by Crippen LogP contribution is 2.53. The van der Waals surface area contributed by atoms with E-state index in [1.165, 1.54) is 5.56 Å². The van der Waals surface area contributed by atoms with Crippen molar-refractivity contribution in [1.29, 1.82) is 0 Å². The van der Waals surface area contributed by atoms with Crippen LogP contribution in [0.25, 0.3) is 0 Å². The molecule has 0 aromatic heterocycles. The number of hydrogen-bond acceptors (Lipinski definition) is 3. The lowest BCUT2D eigenvalue weighted by Crippen LogP contribution is -2.11. The fourth-order valence-electron chi connectivity index (χ4n) is 2.36. The van der Waals surface area contributed by atoms with Gasteiger partial charge < -0.3 is 10.5 Å². The zero-order valence-electron chi connectivity index (χ0n) is 9.43. The molecule has 1 saturated carbocycles. The topological polar surface area (TPSA) is 52.3 Å². The first-order valence-corrected chi connectivity index (χ1v) is 5.71. The maximum absolute atomic E-state index is 11.7. The molecular formula is C13H17NO2. The second kappa shape index (κ2) is 4.66. The zero-order chi connectivity index (χ0) is 11.5. The highest BCUT2D eigenvalue weighted by atomic mass is 16.5. The van der Waals surface area contributed by atoms with Crippen molar-refractivity contribution in [3.63, 3.8) is 0 Å². The average molecular weight is 219 g/mol. The zero-order valence-corrected chi connectivity index (χ0v) is 9.43. The molecule has 1 aromatic rings. The predicted octanol–water partition coefficient (Wildman–Crippen LogP) is 1.54. The minimum Gasteiger partial charge on any atom is -0.466 e. The van der Waals surface area contributed by atoms with Gasteiger partial charge >= 0.3 is 5.97 Å². The third-order valence-corrected chi connectivity index (χ3v) is 3.18. The Labute approximate surface area is 95.6 Å². The molecule has 3 nitrogen and oxygen atoms in total. The van der Waals surface area contributed by atoms with E-state index in [1.807, 2.05) is 37.3 Å². The summed E-state index contributed by atoms with van der Waals surface area (Å²) in [5.41, 5.74) is 6.87. The highest BCUT2D eigenvalue weighted by Gasteiger charge is 2.55. The van der Waals surface area contributed by atoms with Crippen LogP contribution in [0.2, 0.25) is 0 Å². The van der Waals surface area contributed by atoms with E-state index in [-0.39, 0.29) is 23.7 Å². The van der Waals surface area contributed by atoms with Gasteiger partial charge in [-0.2, -0.15) is 0 Å². The van der Waals surface area contributed by atoms with Gasteiger partial charge in [0.1, 0.15) is 0 Å². The molecule has 16 heavy (non-hydrogen) atoms.